The minimum absolute atomic E-state index is 0.230. The summed E-state index contributed by atoms with van der Waals surface area (Å²) in [7, 11) is 0. The third-order valence-corrected chi connectivity index (χ3v) is 3.39. The summed E-state index contributed by atoms with van der Waals surface area (Å²) in [5, 5.41) is 3.66. The number of nitrogens with zero attached hydrogens (tertiary/aromatic N) is 2. The van der Waals surface area contributed by atoms with Gasteiger partial charge in [0.05, 0.1) is 0 Å². The van der Waals surface area contributed by atoms with Gasteiger partial charge in [-0.3, -0.25) is 4.79 Å². The zero-order chi connectivity index (χ0) is 15.8. The van der Waals surface area contributed by atoms with Crippen molar-refractivity contribution in [3.8, 4) is 0 Å². The second kappa shape index (κ2) is 8.87. The van der Waals surface area contributed by atoms with Crippen LogP contribution in [0.5, 0.6) is 0 Å². The quantitative estimate of drug-likeness (QED) is 0.577. The van der Waals surface area contributed by atoms with Crippen molar-refractivity contribution in [3.05, 3.63) is 0 Å². The Morgan fingerprint density at radius 3 is 2.33 bits per heavy atom. The van der Waals surface area contributed by atoms with Crippen LogP contribution in [0.1, 0.15) is 59.8 Å². The third kappa shape index (κ3) is 5.91. The SMILES string of the molecule is CCCC(=O)OC(C)OC(=O)N1CCCCCN1C(C)C. The highest BCUT2D eigenvalue weighted by atomic mass is 16.7. The molecule has 0 N–H and O–H groups in total. The fraction of sp³-hybridized carbons (Fsp3) is 0.867. The number of rotatable bonds is 5. The summed E-state index contributed by atoms with van der Waals surface area (Å²) in [6.45, 7) is 9.06. The molecule has 6 nitrogen and oxygen atoms in total. The first-order valence-corrected chi connectivity index (χ1v) is 7.89. The van der Waals surface area contributed by atoms with Crippen molar-refractivity contribution in [1.82, 2.24) is 10.0 Å². The predicted molar refractivity (Wildman–Crippen MR) is 79.3 cm³/mol. The van der Waals surface area contributed by atoms with E-state index in [1.807, 2.05) is 11.9 Å². The summed E-state index contributed by atoms with van der Waals surface area (Å²) in [5.74, 6) is -0.339. The monoisotopic (exact) mass is 300 g/mol. The van der Waals surface area contributed by atoms with Gasteiger partial charge in [0.1, 0.15) is 0 Å². The molecule has 1 saturated heterocycles. The molecule has 0 radical (unpaired) electrons. The molecular formula is C15H28N2O4. The molecule has 0 aliphatic carbocycles. The molecule has 1 fully saturated rings. The Kier molecular flexibility index (Phi) is 7.50. The van der Waals surface area contributed by atoms with Gasteiger partial charge in [0.15, 0.2) is 0 Å². The highest BCUT2D eigenvalue weighted by Crippen LogP contribution is 2.16. The lowest BCUT2D eigenvalue weighted by Gasteiger charge is -2.35. The molecule has 1 heterocycles. The predicted octanol–water partition coefficient (Wildman–Crippen LogP) is 2.92. The fourth-order valence-corrected chi connectivity index (χ4v) is 2.37. The molecule has 1 rings (SSSR count). The van der Waals surface area contributed by atoms with Gasteiger partial charge in [-0.1, -0.05) is 13.3 Å². The average molecular weight is 300 g/mol. The number of hydrazine groups is 1. The van der Waals surface area contributed by atoms with Crippen molar-refractivity contribution < 1.29 is 19.1 Å². The lowest BCUT2D eigenvalue weighted by atomic mass is 10.2. The van der Waals surface area contributed by atoms with Crippen molar-refractivity contribution in [2.45, 2.75) is 72.1 Å². The first-order chi connectivity index (χ1) is 9.95. The molecule has 1 aliphatic rings. The van der Waals surface area contributed by atoms with Crippen LogP contribution >= 0.6 is 0 Å². The summed E-state index contributed by atoms with van der Waals surface area (Å²) in [6.07, 6.45) is 2.90. The van der Waals surface area contributed by atoms with Gasteiger partial charge in [-0.05, 0) is 33.1 Å². The number of ether oxygens (including phenoxy) is 2. The topological polar surface area (TPSA) is 59.1 Å². The molecule has 1 aliphatic heterocycles. The number of hydrogen-bond donors (Lipinski definition) is 0. The first kappa shape index (κ1) is 17.8. The Bertz CT molecular complexity index is 347. The largest absolute Gasteiger partial charge is 0.427 e. The molecular weight excluding hydrogens is 272 g/mol. The van der Waals surface area contributed by atoms with Crippen LogP contribution in [0.25, 0.3) is 0 Å². The van der Waals surface area contributed by atoms with Crippen molar-refractivity contribution in [3.63, 3.8) is 0 Å². The van der Waals surface area contributed by atoms with Gasteiger partial charge in [-0.15, -0.1) is 0 Å². The van der Waals surface area contributed by atoms with E-state index in [0.29, 0.717) is 19.4 Å². The highest BCUT2D eigenvalue weighted by Gasteiger charge is 2.28. The maximum Gasteiger partial charge on any atom is 0.427 e. The minimum Gasteiger partial charge on any atom is -0.425 e. The maximum absolute atomic E-state index is 12.3. The smallest absolute Gasteiger partial charge is 0.425 e. The van der Waals surface area contributed by atoms with E-state index in [9.17, 15) is 9.59 Å². The van der Waals surface area contributed by atoms with E-state index < -0.39 is 12.4 Å². The van der Waals surface area contributed by atoms with Crippen molar-refractivity contribution in [2.24, 2.45) is 0 Å². The second-order valence-electron chi connectivity index (χ2n) is 5.63. The van der Waals surface area contributed by atoms with E-state index in [4.69, 9.17) is 9.47 Å². The fourth-order valence-electron chi connectivity index (χ4n) is 2.37. The van der Waals surface area contributed by atoms with Gasteiger partial charge in [-0.2, -0.15) is 0 Å². The lowest BCUT2D eigenvalue weighted by molar-refractivity contribution is -0.169. The normalized spacial score (nSPS) is 18.2. The second-order valence-corrected chi connectivity index (χ2v) is 5.63. The molecule has 0 spiro atoms. The molecule has 21 heavy (non-hydrogen) atoms. The average Bonchev–Trinajstić information content (AvgIpc) is 2.63. The molecule has 1 unspecified atom stereocenters. The van der Waals surface area contributed by atoms with Crippen LogP contribution in [-0.4, -0.2) is 47.5 Å². The third-order valence-electron chi connectivity index (χ3n) is 3.39. The number of amides is 1. The van der Waals surface area contributed by atoms with E-state index in [1.54, 1.807) is 11.9 Å². The standard InChI is InChI=1S/C15H28N2O4/c1-5-9-14(18)20-13(4)21-15(19)17-11-8-6-7-10-16(17)12(2)3/h12-13H,5-11H2,1-4H3. The van der Waals surface area contributed by atoms with Crippen LogP contribution in [0.2, 0.25) is 0 Å². The number of carbonyl (C=O) groups excluding carboxylic acids is 2. The molecule has 1 amide bonds. The van der Waals surface area contributed by atoms with E-state index in [0.717, 1.165) is 25.8 Å². The number of carbonyl (C=O) groups is 2. The van der Waals surface area contributed by atoms with Crippen LogP contribution in [0.3, 0.4) is 0 Å². The van der Waals surface area contributed by atoms with Gasteiger partial charge in [0.2, 0.25) is 6.29 Å². The Balaban J connectivity index is 2.56. The number of hydrogen-bond acceptors (Lipinski definition) is 5. The number of esters is 1. The first-order valence-electron chi connectivity index (χ1n) is 7.89. The summed E-state index contributed by atoms with van der Waals surface area (Å²) >= 11 is 0. The summed E-state index contributed by atoms with van der Waals surface area (Å²) in [6, 6.07) is 0.230. The zero-order valence-electron chi connectivity index (χ0n) is 13.6. The molecule has 0 aromatic carbocycles. The Morgan fingerprint density at radius 1 is 1.05 bits per heavy atom. The van der Waals surface area contributed by atoms with E-state index in [1.165, 1.54) is 0 Å². The highest BCUT2D eigenvalue weighted by molar-refractivity contribution is 5.70. The van der Waals surface area contributed by atoms with E-state index in [2.05, 4.69) is 13.8 Å². The van der Waals surface area contributed by atoms with E-state index >= 15 is 0 Å². The van der Waals surface area contributed by atoms with Crippen LogP contribution < -0.4 is 0 Å². The molecule has 122 valence electrons. The molecule has 0 saturated carbocycles. The van der Waals surface area contributed by atoms with Gasteiger partial charge >= 0.3 is 12.1 Å². The van der Waals surface area contributed by atoms with Gasteiger partial charge in [0.25, 0.3) is 0 Å². The Morgan fingerprint density at radius 2 is 1.71 bits per heavy atom. The van der Waals surface area contributed by atoms with Crippen LogP contribution in [0.4, 0.5) is 4.79 Å². The van der Waals surface area contributed by atoms with Crippen LogP contribution in [0, 0.1) is 0 Å². The van der Waals surface area contributed by atoms with Crippen molar-refractivity contribution in [1.29, 1.82) is 0 Å². The van der Waals surface area contributed by atoms with Crippen LogP contribution in [-0.2, 0) is 14.3 Å². The van der Waals surface area contributed by atoms with Gasteiger partial charge < -0.3 is 9.47 Å². The van der Waals surface area contributed by atoms with Crippen LogP contribution in [0.15, 0.2) is 0 Å². The van der Waals surface area contributed by atoms with Gasteiger partial charge in [-0.25, -0.2) is 14.8 Å². The summed E-state index contributed by atoms with van der Waals surface area (Å²) < 4.78 is 10.3. The maximum atomic E-state index is 12.3. The Hall–Kier alpha value is -1.30. The Labute approximate surface area is 127 Å². The van der Waals surface area contributed by atoms with Gasteiger partial charge in [0, 0.05) is 32.5 Å². The molecule has 0 aromatic rings. The lowest BCUT2D eigenvalue weighted by Crippen LogP contribution is -2.50. The van der Waals surface area contributed by atoms with Crippen molar-refractivity contribution in [2.75, 3.05) is 13.1 Å². The minimum atomic E-state index is -0.853. The summed E-state index contributed by atoms with van der Waals surface area (Å²) in [4.78, 5) is 23.7. The molecule has 6 heteroatoms. The zero-order valence-corrected chi connectivity index (χ0v) is 13.6. The van der Waals surface area contributed by atoms with E-state index in [-0.39, 0.29) is 12.0 Å². The molecule has 0 bridgehead atoms. The molecule has 1 atom stereocenters. The summed E-state index contributed by atoms with van der Waals surface area (Å²) in [5.41, 5.74) is 0. The molecule has 0 aromatic heterocycles. The van der Waals surface area contributed by atoms with Crippen molar-refractivity contribution >= 4 is 12.1 Å².